The van der Waals surface area contributed by atoms with Crippen LogP contribution in [0.15, 0.2) is 4.99 Å². The molecule has 1 fully saturated rings. The molecule has 0 radical (unpaired) electrons. The number of hydrogen-bond acceptors (Lipinski definition) is 4. The Morgan fingerprint density at radius 1 is 1.39 bits per heavy atom. The third kappa shape index (κ3) is 10.8. The first-order valence-electron chi connectivity index (χ1n) is 7.62. The molecule has 9 heteroatoms. The second-order valence-electron chi connectivity index (χ2n) is 4.97. The highest BCUT2D eigenvalue weighted by molar-refractivity contribution is 14.0. The summed E-state index contributed by atoms with van der Waals surface area (Å²) in [7, 11) is -3.35. The lowest BCUT2D eigenvalue weighted by molar-refractivity contribution is 0.0200. The fraction of sp³-hybridized carbons (Fsp3) is 0.786. The minimum Gasteiger partial charge on any atom is -0.377 e. The highest BCUT2D eigenvalue weighted by Crippen LogP contribution is 2.11. The zero-order valence-corrected chi connectivity index (χ0v) is 16.7. The van der Waals surface area contributed by atoms with Crippen molar-refractivity contribution < 1.29 is 13.2 Å². The second-order valence-corrected chi connectivity index (χ2v) is 6.90. The van der Waals surface area contributed by atoms with E-state index in [0.717, 1.165) is 19.3 Å². The largest absolute Gasteiger partial charge is 0.377 e. The smallest absolute Gasteiger partial charge is 0.213 e. The van der Waals surface area contributed by atoms with Crippen LogP contribution >= 0.6 is 24.0 Å². The molecule has 1 unspecified atom stereocenters. The van der Waals surface area contributed by atoms with E-state index in [1.54, 1.807) is 0 Å². The minimum atomic E-state index is -3.35. The molecule has 1 aliphatic heterocycles. The third-order valence-electron chi connectivity index (χ3n) is 3.14. The van der Waals surface area contributed by atoms with Crippen molar-refractivity contribution in [1.29, 1.82) is 0 Å². The average molecular weight is 458 g/mol. The fourth-order valence-corrected chi connectivity index (χ4v) is 2.93. The first-order chi connectivity index (χ1) is 10.6. The van der Waals surface area contributed by atoms with E-state index in [4.69, 9.17) is 11.2 Å². The van der Waals surface area contributed by atoms with Crippen LogP contribution in [0.25, 0.3) is 0 Å². The summed E-state index contributed by atoms with van der Waals surface area (Å²) in [5.74, 6) is 2.90. The summed E-state index contributed by atoms with van der Waals surface area (Å²) < 4.78 is 31.9. The topological polar surface area (TPSA) is 91.8 Å². The molecule has 3 N–H and O–H groups in total. The third-order valence-corrected chi connectivity index (χ3v) is 4.46. The van der Waals surface area contributed by atoms with E-state index in [0.29, 0.717) is 32.2 Å². The number of terminal acetylenes is 1. The van der Waals surface area contributed by atoms with Gasteiger partial charge < -0.3 is 15.4 Å². The van der Waals surface area contributed by atoms with E-state index in [1.807, 2.05) is 6.92 Å². The molecule has 0 bridgehead atoms. The van der Waals surface area contributed by atoms with Gasteiger partial charge in [0.2, 0.25) is 10.0 Å². The number of nitrogens with zero attached hydrogens (tertiary/aromatic N) is 1. The van der Waals surface area contributed by atoms with Gasteiger partial charge in [0.1, 0.15) is 0 Å². The Hall–Kier alpha value is -0.570. The zero-order chi connectivity index (χ0) is 16.3. The van der Waals surface area contributed by atoms with Gasteiger partial charge in [0, 0.05) is 19.7 Å². The standard InChI is InChI=1S/C14H26N4O3S.HI/c1-3-8-16-14(15-4-2)17-9-11-22(19,20)18-12-13-7-5-6-10-21-13;/h1,13,18H,4-12H2,2H3,(H2,15,16,17);1H. The van der Waals surface area contributed by atoms with Gasteiger partial charge in [-0.15, -0.1) is 30.4 Å². The number of guanidine groups is 1. The fourth-order valence-electron chi connectivity index (χ4n) is 2.01. The van der Waals surface area contributed by atoms with Gasteiger partial charge in [-0.3, -0.25) is 4.99 Å². The number of rotatable bonds is 8. The van der Waals surface area contributed by atoms with Crippen molar-refractivity contribution >= 4 is 40.0 Å². The van der Waals surface area contributed by atoms with Crippen molar-refractivity contribution in [3.63, 3.8) is 0 Å². The number of ether oxygens (including phenoxy) is 1. The minimum absolute atomic E-state index is 0. The summed E-state index contributed by atoms with van der Waals surface area (Å²) >= 11 is 0. The Bertz CT molecular complexity index is 485. The lowest BCUT2D eigenvalue weighted by atomic mass is 10.1. The van der Waals surface area contributed by atoms with Crippen LogP contribution in [0, 0.1) is 12.3 Å². The maximum Gasteiger partial charge on any atom is 0.213 e. The quantitative estimate of drug-likeness (QED) is 0.211. The predicted molar refractivity (Wildman–Crippen MR) is 104 cm³/mol. The summed E-state index contributed by atoms with van der Waals surface area (Å²) in [6.07, 6.45) is 8.20. The van der Waals surface area contributed by atoms with E-state index < -0.39 is 10.0 Å². The van der Waals surface area contributed by atoms with Crippen LogP contribution in [0.1, 0.15) is 26.2 Å². The van der Waals surface area contributed by atoms with Gasteiger partial charge in [0.05, 0.1) is 24.9 Å². The Labute approximate surface area is 156 Å². The monoisotopic (exact) mass is 458 g/mol. The molecular formula is C14H27IN4O3S. The summed E-state index contributed by atoms with van der Waals surface area (Å²) in [5.41, 5.74) is 0. The van der Waals surface area contributed by atoms with E-state index in [9.17, 15) is 8.42 Å². The molecule has 0 aromatic heterocycles. The van der Waals surface area contributed by atoms with Crippen molar-refractivity contribution in [3.05, 3.63) is 0 Å². The lowest BCUT2D eigenvalue weighted by Gasteiger charge is -2.22. The number of hydrogen-bond donors (Lipinski definition) is 3. The molecule has 1 saturated heterocycles. The Balaban J connectivity index is 0.00000484. The van der Waals surface area contributed by atoms with Crippen LogP contribution in [0.5, 0.6) is 0 Å². The molecule has 0 amide bonds. The van der Waals surface area contributed by atoms with Crippen molar-refractivity contribution in [2.75, 3.05) is 38.5 Å². The summed E-state index contributed by atoms with van der Waals surface area (Å²) in [5, 5.41) is 5.90. The van der Waals surface area contributed by atoms with Gasteiger partial charge in [-0.05, 0) is 26.2 Å². The van der Waals surface area contributed by atoms with Crippen molar-refractivity contribution in [2.45, 2.75) is 32.3 Å². The Morgan fingerprint density at radius 3 is 2.78 bits per heavy atom. The molecular weight excluding hydrogens is 431 g/mol. The number of halogens is 1. The van der Waals surface area contributed by atoms with Gasteiger partial charge in [-0.2, -0.15) is 0 Å². The molecule has 7 nitrogen and oxygen atoms in total. The molecule has 1 rings (SSSR count). The predicted octanol–water partition coefficient (Wildman–Crippen LogP) is 0.281. The van der Waals surface area contributed by atoms with Gasteiger partial charge >= 0.3 is 0 Å². The molecule has 0 aliphatic carbocycles. The molecule has 1 heterocycles. The van der Waals surface area contributed by atoms with E-state index in [2.05, 4.69) is 26.3 Å². The maximum atomic E-state index is 11.9. The van der Waals surface area contributed by atoms with Gasteiger partial charge in [0.15, 0.2) is 5.96 Å². The SMILES string of the molecule is C#CCNC(=NCCS(=O)(=O)NCC1CCCCO1)NCC.I. The lowest BCUT2D eigenvalue weighted by Crippen LogP contribution is -2.39. The number of sulfonamides is 1. The summed E-state index contributed by atoms with van der Waals surface area (Å²) in [6, 6.07) is 0. The molecule has 0 spiro atoms. The van der Waals surface area contributed by atoms with Gasteiger partial charge in [-0.1, -0.05) is 5.92 Å². The van der Waals surface area contributed by atoms with E-state index in [-0.39, 0.29) is 42.4 Å². The highest BCUT2D eigenvalue weighted by atomic mass is 127. The molecule has 0 saturated carbocycles. The van der Waals surface area contributed by atoms with E-state index >= 15 is 0 Å². The first-order valence-corrected chi connectivity index (χ1v) is 9.27. The van der Waals surface area contributed by atoms with Gasteiger partial charge in [-0.25, -0.2) is 13.1 Å². The van der Waals surface area contributed by atoms with Gasteiger partial charge in [0.25, 0.3) is 0 Å². The van der Waals surface area contributed by atoms with E-state index in [1.165, 1.54) is 0 Å². The zero-order valence-electron chi connectivity index (χ0n) is 13.5. The molecule has 134 valence electrons. The van der Waals surface area contributed by atoms with Crippen molar-refractivity contribution in [1.82, 2.24) is 15.4 Å². The highest BCUT2D eigenvalue weighted by Gasteiger charge is 2.17. The van der Waals surface area contributed by atoms with Crippen molar-refractivity contribution in [2.24, 2.45) is 4.99 Å². The molecule has 1 atom stereocenters. The van der Waals surface area contributed by atoms with Crippen LogP contribution in [0.2, 0.25) is 0 Å². The van der Waals surface area contributed by atoms with Crippen molar-refractivity contribution in [3.8, 4) is 12.3 Å². The number of nitrogens with one attached hydrogen (secondary N) is 3. The van der Waals surface area contributed by atoms with Crippen LogP contribution in [0.3, 0.4) is 0 Å². The average Bonchev–Trinajstić information content (AvgIpc) is 2.51. The van der Waals surface area contributed by atoms with Crippen LogP contribution in [-0.4, -0.2) is 59.0 Å². The van der Waals surface area contributed by atoms with Crippen LogP contribution in [-0.2, 0) is 14.8 Å². The van der Waals surface area contributed by atoms with Crippen LogP contribution < -0.4 is 15.4 Å². The normalized spacial score (nSPS) is 18.6. The maximum absolute atomic E-state index is 11.9. The Kier molecular flexibility index (Phi) is 12.5. The Morgan fingerprint density at radius 2 is 2.17 bits per heavy atom. The first kappa shape index (κ1) is 22.4. The number of aliphatic imine (C=N–C) groups is 1. The molecule has 1 aliphatic rings. The molecule has 0 aromatic rings. The summed E-state index contributed by atoms with van der Waals surface area (Å²) in [6.45, 7) is 4.16. The second kappa shape index (κ2) is 12.8. The summed E-state index contributed by atoms with van der Waals surface area (Å²) in [4.78, 5) is 4.18. The molecule has 23 heavy (non-hydrogen) atoms. The molecule has 0 aromatic carbocycles. The van der Waals surface area contributed by atoms with Crippen LogP contribution in [0.4, 0.5) is 0 Å².